The summed E-state index contributed by atoms with van der Waals surface area (Å²) in [6.45, 7) is 30.3. The van der Waals surface area contributed by atoms with Gasteiger partial charge in [-0.2, -0.15) is 0 Å². The van der Waals surface area contributed by atoms with Gasteiger partial charge in [0.15, 0.2) is 0 Å². The summed E-state index contributed by atoms with van der Waals surface area (Å²) in [6.07, 6.45) is 15.5. The first-order chi connectivity index (χ1) is 13.7. The van der Waals surface area contributed by atoms with E-state index in [1.54, 1.807) is 0 Å². The third-order valence-electron chi connectivity index (χ3n) is 7.74. The average molecular weight is 482 g/mol. The molecule has 178 valence electrons. The van der Waals surface area contributed by atoms with Gasteiger partial charge >= 0.3 is 0 Å². The van der Waals surface area contributed by atoms with Crippen LogP contribution in [0.5, 0.6) is 0 Å². The predicted molar refractivity (Wildman–Crippen MR) is 143 cm³/mol. The Kier molecular flexibility index (Phi) is 14.5. The molecule has 0 amide bonds. The summed E-state index contributed by atoms with van der Waals surface area (Å²) in [4.78, 5) is 0. The van der Waals surface area contributed by atoms with Gasteiger partial charge in [-0.05, 0) is 60.1 Å². The zero-order valence-electron chi connectivity index (χ0n) is 23.1. The molecule has 1 rings (SSSR count). The van der Waals surface area contributed by atoms with Crippen LogP contribution in [0.4, 0.5) is 0 Å². The van der Waals surface area contributed by atoms with Crippen LogP contribution in [0, 0.1) is 0 Å². The molecule has 0 heterocycles. The topological polar surface area (TPSA) is 12.4 Å². The van der Waals surface area contributed by atoms with E-state index in [9.17, 15) is 0 Å². The average Bonchev–Trinajstić information content (AvgIpc) is 3.23. The number of rotatable bonds is 8. The Balaban J connectivity index is 0. The van der Waals surface area contributed by atoms with Crippen molar-refractivity contribution < 1.29 is 21.7 Å². The minimum Gasteiger partial charge on any atom is -0.270 e. The first-order valence-corrected chi connectivity index (χ1v) is 13.7. The van der Waals surface area contributed by atoms with E-state index in [-0.39, 0.29) is 37.2 Å². The van der Waals surface area contributed by atoms with Crippen LogP contribution in [0.3, 0.4) is 0 Å². The number of hydrogen-bond donors (Lipinski definition) is 0. The van der Waals surface area contributed by atoms with Gasteiger partial charge in [0.05, 0.1) is 0 Å². The van der Waals surface area contributed by atoms with E-state index < -0.39 is 7.05 Å². The van der Waals surface area contributed by atoms with Crippen molar-refractivity contribution in [1.29, 1.82) is 0 Å². The molecule has 0 atom stereocenters. The molecule has 0 aromatic heterocycles. The minimum absolute atomic E-state index is 0. The van der Waals surface area contributed by atoms with Gasteiger partial charge in [0.2, 0.25) is 0 Å². The SMILES string of the molecule is CC=C(C)C(C)=CC.CCC(C)(C)P(=NC1=CC=CC1)(C(C)(C)CC)C(C)(C)CC.[Ti]. The minimum atomic E-state index is -1.64. The maximum absolute atomic E-state index is 5.64. The molecule has 0 saturated heterocycles. The van der Waals surface area contributed by atoms with Crippen molar-refractivity contribution in [3.8, 4) is 0 Å². The Morgan fingerprint density at radius 3 is 1.42 bits per heavy atom. The van der Waals surface area contributed by atoms with Crippen LogP contribution in [0.2, 0.25) is 0 Å². The molecular weight excluding hydrogens is 429 g/mol. The second-order valence-electron chi connectivity index (χ2n) is 10.5. The van der Waals surface area contributed by atoms with Crippen molar-refractivity contribution in [2.24, 2.45) is 4.74 Å². The van der Waals surface area contributed by atoms with Crippen LogP contribution in [0.1, 0.15) is 116 Å². The Morgan fingerprint density at radius 1 is 0.839 bits per heavy atom. The van der Waals surface area contributed by atoms with Crippen molar-refractivity contribution in [2.75, 3.05) is 0 Å². The molecule has 1 aliphatic rings. The van der Waals surface area contributed by atoms with Crippen molar-refractivity contribution in [3.63, 3.8) is 0 Å². The van der Waals surface area contributed by atoms with Gasteiger partial charge in [-0.1, -0.05) is 97.8 Å². The summed E-state index contributed by atoms with van der Waals surface area (Å²) in [5, 5.41) is 0.778. The largest absolute Gasteiger partial charge is 0.270 e. The molecule has 0 N–H and O–H groups in total. The molecule has 0 saturated carbocycles. The van der Waals surface area contributed by atoms with Crippen molar-refractivity contribution in [1.82, 2.24) is 0 Å². The monoisotopic (exact) mass is 481 g/mol. The van der Waals surface area contributed by atoms with E-state index in [1.165, 1.54) is 36.1 Å². The van der Waals surface area contributed by atoms with E-state index in [0.29, 0.717) is 0 Å². The predicted octanol–water partition coefficient (Wildman–Crippen LogP) is 10.5. The van der Waals surface area contributed by atoms with Crippen molar-refractivity contribution in [3.05, 3.63) is 47.2 Å². The molecule has 0 aromatic carbocycles. The third-order valence-corrected chi connectivity index (χ3v) is 14.5. The van der Waals surface area contributed by atoms with Gasteiger partial charge in [0.1, 0.15) is 0 Å². The molecule has 0 spiro atoms. The molecule has 0 aliphatic heterocycles. The maximum atomic E-state index is 5.64. The van der Waals surface area contributed by atoms with Gasteiger partial charge in [0, 0.05) is 49.3 Å². The smallest absolute Gasteiger partial charge is 0.0425 e. The fraction of sp³-hybridized carbons (Fsp3) is 0.714. The van der Waals surface area contributed by atoms with E-state index in [0.717, 1.165) is 6.42 Å². The first-order valence-electron chi connectivity index (χ1n) is 12.0. The Labute approximate surface area is 211 Å². The van der Waals surface area contributed by atoms with E-state index in [2.05, 4.69) is 120 Å². The number of nitrogens with zero attached hydrogens (tertiary/aromatic N) is 1. The second kappa shape index (κ2) is 13.6. The standard InChI is InChI=1S/C20H38NP.C8H14.Ti/c1-10-18(4,5)22(19(6,7)11-2,20(8,9)12-3)21-17-15-13-14-16-17;1-5-7(3)8(4)6-2;/h13-15H,10-12,16H2,1-9H3;5-6H,1-4H3;. The maximum Gasteiger partial charge on any atom is 0.0425 e. The third kappa shape index (κ3) is 7.45. The van der Waals surface area contributed by atoms with E-state index in [4.69, 9.17) is 4.74 Å². The van der Waals surface area contributed by atoms with E-state index in [1.807, 2.05) is 0 Å². The molecule has 0 fully saturated rings. The van der Waals surface area contributed by atoms with Gasteiger partial charge in [-0.15, -0.1) is 0 Å². The second-order valence-corrected chi connectivity index (χ2v) is 15.6. The zero-order valence-corrected chi connectivity index (χ0v) is 25.6. The van der Waals surface area contributed by atoms with Gasteiger partial charge in [0.25, 0.3) is 0 Å². The number of allylic oxidation sites excluding steroid dienone is 7. The fourth-order valence-corrected chi connectivity index (χ4v) is 12.3. The summed E-state index contributed by atoms with van der Waals surface area (Å²) in [6, 6.07) is 0. The summed E-state index contributed by atoms with van der Waals surface area (Å²) in [5.41, 5.74) is 4.04. The van der Waals surface area contributed by atoms with Crippen molar-refractivity contribution in [2.45, 2.75) is 131 Å². The molecule has 1 aliphatic carbocycles. The normalized spacial score (nSPS) is 15.7. The molecular formula is C28H52NPTi. The Bertz CT molecular complexity index is 667. The molecule has 1 nitrogen and oxygen atoms in total. The van der Waals surface area contributed by atoms with Crippen LogP contribution in [-0.4, -0.2) is 15.5 Å². The molecule has 0 unspecified atom stereocenters. The van der Waals surface area contributed by atoms with Crippen LogP contribution in [0.25, 0.3) is 0 Å². The van der Waals surface area contributed by atoms with Gasteiger partial charge in [-0.25, -0.2) is 0 Å². The summed E-state index contributed by atoms with van der Waals surface area (Å²) in [7, 11) is -1.64. The van der Waals surface area contributed by atoms with Gasteiger partial charge < -0.3 is 0 Å². The summed E-state index contributed by atoms with van der Waals surface area (Å²) < 4.78 is 5.64. The van der Waals surface area contributed by atoms with Crippen LogP contribution in [0.15, 0.2) is 52.0 Å². The summed E-state index contributed by atoms with van der Waals surface area (Å²) in [5.74, 6) is 0. The molecule has 0 aromatic rings. The molecule has 0 bridgehead atoms. The van der Waals surface area contributed by atoms with Crippen molar-refractivity contribution >= 4 is 7.05 Å². The van der Waals surface area contributed by atoms with Gasteiger partial charge in [-0.3, -0.25) is 4.74 Å². The van der Waals surface area contributed by atoms with Crippen LogP contribution in [-0.2, 0) is 21.7 Å². The quantitative estimate of drug-likeness (QED) is 0.186. The van der Waals surface area contributed by atoms with Crippen LogP contribution < -0.4 is 0 Å². The zero-order chi connectivity index (χ0) is 23.8. The molecule has 31 heavy (non-hydrogen) atoms. The first kappa shape index (κ1) is 33.1. The van der Waals surface area contributed by atoms with Crippen LogP contribution >= 0.6 is 7.05 Å². The van der Waals surface area contributed by atoms with E-state index >= 15 is 0 Å². The fourth-order valence-electron chi connectivity index (χ4n) is 4.71. The Morgan fingerprint density at radius 2 is 1.19 bits per heavy atom. The number of hydrogen-bond acceptors (Lipinski definition) is 1. The summed E-state index contributed by atoms with van der Waals surface area (Å²) >= 11 is 0. The Hall–Kier alpha value is -0.0957. The molecule has 0 radical (unpaired) electrons. The molecule has 3 heteroatoms.